The van der Waals surface area contributed by atoms with Gasteiger partial charge >= 0.3 is 0 Å². The van der Waals surface area contributed by atoms with E-state index in [0.29, 0.717) is 24.5 Å². The van der Waals surface area contributed by atoms with E-state index in [1.165, 1.54) is 0 Å². The SMILES string of the molecule is CCCNC(=O)C[NH+](C)Cn1nnn(-c2cc(C)ccc2C)c1=S. The summed E-state index contributed by atoms with van der Waals surface area (Å²) in [5.41, 5.74) is 3.16. The number of carbonyl (C=O) groups is 1. The molecule has 1 heterocycles. The van der Waals surface area contributed by atoms with Crippen LogP contribution in [0.1, 0.15) is 24.5 Å². The molecule has 0 radical (unpaired) electrons. The average Bonchev–Trinajstić information content (AvgIpc) is 2.88. The second kappa shape index (κ2) is 8.16. The molecule has 0 saturated heterocycles. The molecule has 0 aliphatic rings. The van der Waals surface area contributed by atoms with E-state index in [-0.39, 0.29) is 5.91 Å². The van der Waals surface area contributed by atoms with Crippen LogP contribution in [0.15, 0.2) is 18.2 Å². The highest BCUT2D eigenvalue weighted by atomic mass is 32.1. The fourth-order valence-electron chi connectivity index (χ4n) is 2.38. The van der Waals surface area contributed by atoms with E-state index in [2.05, 4.69) is 21.8 Å². The van der Waals surface area contributed by atoms with Gasteiger partial charge in [-0.05, 0) is 60.1 Å². The smallest absolute Gasteiger partial charge is 0.275 e. The molecule has 0 aliphatic heterocycles. The number of tetrazole rings is 1. The van der Waals surface area contributed by atoms with Crippen LogP contribution < -0.4 is 10.2 Å². The molecule has 0 bridgehead atoms. The van der Waals surface area contributed by atoms with Crippen molar-refractivity contribution in [2.45, 2.75) is 33.9 Å². The zero-order valence-electron chi connectivity index (χ0n) is 14.7. The van der Waals surface area contributed by atoms with Crippen molar-refractivity contribution in [3.63, 3.8) is 0 Å². The van der Waals surface area contributed by atoms with Crippen molar-refractivity contribution in [1.82, 2.24) is 25.1 Å². The van der Waals surface area contributed by atoms with E-state index in [0.717, 1.165) is 28.1 Å². The topological polar surface area (TPSA) is 69.2 Å². The summed E-state index contributed by atoms with van der Waals surface area (Å²) >= 11 is 5.50. The summed E-state index contributed by atoms with van der Waals surface area (Å²) < 4.78 is 3.85. The third-order valence-corrected chi connectivity index (χ3v) is 4.07. The molecule has 1 atom stereocenters. The Morgan fingerprint density at radius 2 is 2.08 bits per heavy atom. The molecular formula is C16H25N6OS+. The van der Waals surface area contributed by atoms with Crippen LogP contribution >= 0.6 is 12.2 Å². The van der Waals surface area contributed by atoms with Crippen LogP contribution in [0, 0.1) is 18.6 Å². The minimum absolute atomic E-state index is 0.0304. The molecule has 24 heavy (non-hydrogen) atoms. The minimum atomic E-state index is 0.0304. The summed E-state index contributed by atoms with van der Waals surface area (Å²) in [6.45, 7) is 7.65. The lowest BCUT2D eigenvalue weighted by Crippen LogP contribution is -3.09. The Morgan fingerprint density at radius 1 is 1.33 bits per heavy atom. The number of rotatable bonds is 7. The normalized spacial score (nSPS) is 12.2. The Hall–Kier alpha value is -2.06. The van der Waals surface area contributed by atoms with Gasteiger partial charge in [0.2, 0.25) is 4.77 Å². The number of nitrogens with one attached hydrogen (secondary N) is 2. The first-order chi connectivity index (χ1) is 11.4. The van der Waals surface area contributed by atoms with E-state index in [1.807, 2.05) is 40.0 Å². The van der Waals surface area contributed by atoms with Gasteiger partial charge in [0.15, 0.2) is 13.2 Å². The summed E-state index contributed by atoms with van der Waals surface area (Å²) in [5.74, 6) is 0.0304. The Morgan fingerprint density at radius 3 is 2.79 bits per heavy atom. The van der Waals surface area contributed by atoms with Crippen molar-refractivity contribution in [2.75, 3.05) is 20.1 Å². The number of nitrogens with zero attached hydrogens (tertiary/aromatic N) is 4. The Labute approximate surface area is 147 Å². The number of carbonyl (C=O) groups excluding carboxylic acids is 1. The van der Waals surface area contributed by atoms with Gasteiger partial charge in [0.25, 0.3) is 5.91 Å². The highest BCUT2D eigenvalue weighted by Crippen LogP contribution is 2.14. The van der Waals surface area contributed by atoms with Gasteiger partial charge in [-0.3, -0.25) is 4.79 Å². The second-order valence-electron chi connectivity index (χ2n) is 6.10. The molecule has 0 saturated carbocycles. The van der Waals surface area contributed by atoms with Crippen LogP contribution in [0.25, 0.3) is 5.69 Å². The van der Waals surface area contributed by atoms with Crippen molar-refractivity contribution in [3.8, 4) is 5.69 Å². The van der Waals surface area contributed by atoms with Crippen molar-refractivity contribution in [3.05, 3.63) is 34.1 Å². The highest BCUT2D eigenvalue weighted by Gasteiger charge is 2.14. The zero-order chi connectivity index (χ0) is 17.7. The first-order valence-electron chi connectivity index (χ1n) is 8.10. The zero-order valence-corrected chi connectivity index (χ0v) is 15.5. The summed E-state index contributed by atoms with van der Waals surface area (Å²) in [6, 6.07) is 6.14. The molecule has 0 aliphatic carbocycles. The molecular weight excluding hydrogens is 324 g/mol. The quantitative estimate of drug-likeness (QED) is 0.711. The van der Waals surface area contributed by atoms with E-state index in [1.54, 1.807) is 9.36 Å². The first kappa shape index (κ1) is 18.3. The molecule has 0 fully saturated rings. The average molecular weight is 349 g/mol. The molecule has 8 heteroatoms. The molecule has 130 valence electrons. The molecule has 2 aromatic rings. The fraction of sp³-hybridized carbons (Fsp3) is 0.500. The third-order valence-electron chi connectivity index (χ3n) is 3.69. The molecule has 1 aromatic carbocycles. The largest absolute Gasteiger partial charge is 0.351 e. The predicted octanol–water partition coefficient (Wildman–Crippen LogP) is 0.414. The molecule has 2 N–H and O–H groups in total. The molecule has 1 amide bonds. The summed E-state index contributed by atoms with van der Waals surface area (Å²) in [4.78, 5) is 12.8. The third kappa shape index (κ3) is 4.48. The second-order valence-corrected chi connectivity index (χ2v) is 6.47. The van der Waals surface area contributed by atoms with Crippen LogP contribution in [0.5, 0.6) is 0 Å². The van der Waals surface area contributed by atoms with Gasteiger partial charge in [0, 0.05) is 6.54 Å². The van der Waals surface area contributed by atoms with Gasteiger partial charge in [-0.2, -0.15) is 9.36 Å². The molecule has 2 rings (SSSR count). The van der Waals surface area contributed by atoms with Crippen molar-refractivity contribution in [1.29, 1.82) is 0 Å². The van der Waals surface area contributed by atoms with Crippen molar-refractivity contribution >= 4 is 18.1 Å². The number of benzene rings is 1. The maximum absolute atomic E-state index is 11.8. The lowest BCUT2D eigenvalue weighted by Gasteiger charge is -2.13. The van der Waals surface area contributed by atoms with Gasteiger partial charge in [0.1, 0.15) is 0 Å². The Kier molecular flexibility index (Phi) is 6.22. The van der Waals surface area contributed by atoms with Crippen molar-refractivity contribution < 1.29 is 9.69 Å². The van der Waals surface area contributed by atoms with E-state index < -0.39 is 0 Å². The Bertz CT molecular complexity index is 766. The lowest BCUT2D eigenvalue weighted by atomic mass is 10.1. The number of likely N-dealkylation sites (N-methyl/N-ethyl adjacent to an activating group) is 1. The molecule has 1 aromatic heterocycles. The minimum Gasteiger partial charge on any atom is -0.351 e. The molecule has 7 nitrogen and oxygen atoms in total. The lowest BCUT2D eigenvalue weighted by molar-refractivity contribution is -0.895. The number of quaternary nitrogens is 1. The number of amides is 1. The van der Waals surface area contributed by atoms with E-state index >= 15 is 0 Å². The van der Waals surface area contributed by atoms with Crippen LogP contribution in [0.2, 0.25) is 0 Å². The van der Waals surface area contributed by atoms with E-state index in [9.17, 15) is 4.79 Å². The van der Waals surface area contributed by atoms with Gasteiger partial charge < -0.3 is 10.2 Å². The summed E-state index contributed by atoms with van der Waals surface area (Å²) in [5, 5.41) is 11.2. The maximum atomic E-state index is 11.8. The molecule has 1 unspecified atom stereocenters. The fourth-order valence-corrected chi connectivity index (χ4v) is 2.62. The number of aromatic nitrogens is 4. The predicted molar refractivity (Wildman–Crippen MR) is 94.7 cm³/mol. The van der Waals surface area contributed by atoms with Gasteiger partial charge in [0.05, 0.1) is 12.7 Å². The number of hydrogen-bond acceptors (Lipinski definition) is 4. The van der Waals surface area contributed by atoms with Crippen LogP contribution in [0.3, 0.4) is 0 Å². The van der Waals surface area contributed by atoms with Crippen LogP contribution in [-0.2, 0) is 11.5 Å². The molecule has 0 spiro atoms. The highest BCUT2D eigenvalue weighted by molar-refractivity contribution is 7.71. The van der Waals surface area contributed by atoms with Crippen molar-refractivity contribution in [2.24, 2.45) is 0 Å². The number of hydrogen-bond donors (Lipinski definition) is 2. The maximum Gasteiger partial charge on any atom is 0.275 e. The van der Waals surface area contributed by atoms with Gasteiger partial charge in [-0.15, -0.1) is 0 Å². The first-order valence-corrected chi connectivity index (χ1v) is 8.51. The van der Waals surface area contributed by atoms with Gasteiger partial charge in [-0.1, -0.05) is 19.1 Å². The van der Waals surface area contributed by atoms with Gasteiger partial charge in [-0.25, -0.2) is 0 Å². The van der Waals surface area contributed by atoms with Crippen LogP contribution in [0.4, 0.5) is 0 Å². The Balaban J connectivity index is 2.11. The van der Waals surface area contributed by atoms with E-state index in [4.69, 9.17) is 12.2 Å². The summed E-state index contributed by atoms with van der Waals surface area (Å²) in [6.07, 6.45) is 0.931. The standard InChI is InChI=1S/C16H24N6OS/c1-5-8-17-15(23)10-20(4)11-21-16(24)22(19-18-21)14-9-12(2)6-7-13(14)3/h6-7,9H,5,8,10-11H2,1-4H3,(H,17,23)/p+1. The summed E-state index contributed by atoms with van der Waals surface area (Å²) in [7, 11) is 1.93. The monoisotopic (exact) mass is 349 g/mol. The van der Waals surface area contributed by atoms with Crippen LogP contribution in [-0.4, -0.2) is 45.8 Å². The number of aryl methyl sites for hydroxylation is 2.